The quantitative estimate of drug-likeness (QED) is 0.852. The van der Waals surface area contributed by atoms with Crippen LogP contribution in [0.2, 0.25) is 5.02 Å². The predicted octanol–water partition coefficient (Wildman–Crippen LogP) is 4.33. The number of hydrogen-bond acceptors (Lipinski definition) is 4. The monoisotopic (exact) mass is 293 g/mol. The SMILES string of the molecule is CCNc1nc(C)nc(Sc2ccc(Cl)cc2)c1C. The van der Waals surface area contributed by atoms with Crippen LogP contribution in [0.3, 0.4) is 0 Å². The van der Waals surface area contributed by atoms with Gasteiger partial charge in [0.25, 0.3) is 0 Å². The van der Waals surface area contributed by atoms with Crippen molar-refractivity contribution in [1.82, 2.24) is 9.97 Å². The summed E-state index contributed by atoms with van der Waals surface area (Å²) in [5.41, 5.74) is 1.08. The van der Waals surface area contributed by atoms with Gasteiger partial charge in [-0.1, -0.05) is 23.4 Å². The van der Waals surface area contributed by atoms with E-state index in [-0.39, 0.29) is 0 Å². The minimum absolute atomic E-state index is 0.744. The lowest BCUT2D eigenvalue weighted by Gasteiger charge is -2.11. The van der Waals surface area contributed by atoms with E-state index in [0.717, 1.165) is 38.7 Å². The Labute approximate surface area is 122 Å². The molecule has 0 spiro atoms. The maximum Gasteiger partial charge on any atom is 0.133 e. The van der Waals surface area contributed by atoms with E-state index < -0.39 is 0 Å². The smallest absolute Gasteiger partial charge is 0.133 e. The van der Waals surface area contributed by atoms with Crippen molar-refractivity contribution in [2.45, 2.75) is 30.7 Å². The highest BCUT2D eigenvalue weighted by Crippen LogP contribution is 2.31. The first-order valence-electron chi connectivity index (χ1n) is 6.12. The molecule has 100 valence electrons. The van der Waals surface area contributed by atoms with E-state index in [1.54, 1.807) is 11.8 Å². The number of aryl methyl sites for hydroxylation is 1. The van der Waals surface area contributed by atoms with Gasteiger partial charge in [0.15, 0.2) is 0 Å². The number of benzene rings is 1. The molecule has 0 unspecified atom stereocenters. The molecule has 0 bridgehead atoms. The van der Waals surface area contributed by atoms with Crippen LogP contribution in [-0.2, 0) is 0 Å². The lowest BCUT2D eigenvalue weighted by molar-refractivity contribution is 0.932. The highest BCUT2D eigenvalue weighted by molar-refractivity contribution is 7.99. The van der Waals surface area contributed by atoms with Crippen LogP contribution in [0.1, 0.15) is 18.3 Å². The molecule has 0 amide bonds. The first-order chi connectivity index (χ1) is 9.10. The van der Waals surface area contributed by atoms with Crippen molar-refractivity contribution >= 4 is 29.2 Å². The molecule has 0 radical (unpaired) electrons. The molecule has 0 saturated carbocycles. The second kappa shape index (κ2) is 6.26. The van der Waals surface area contributed by atoms with Crippen LogP contribution < -0.4 is 5.32 Å². The minimum Gasteiger partial charge on any atom is -0.370 e. The Bertz CT molecular complexity index is 570. The van der Waals surface area contributed by atoms with Crippen molar-refractivity contribution in [2.24, 2.45) is 0 Å². The molecule has 0 saturated heterocycles. The Balaban J connectivity index is 2.31. The highest BCUT2D eigenvalue weighted by atomic mass is 35.5. The molecule has 1 heterocycles. The van der Waals surface area contributed by atoms with Crippen LogP contribution >= 0.6 is 23.4 Å². The summed E-state index contributed by atoms with van der Waals surface area (Å²) in [4.78, 5) is 10.1. The third kappa shape index (κ3) is 3.61. The molecule has 5 heteroatoms. The van der Waals surface area contributed by atoms with Crippen LogP contribution in [-0.4, -0.2) is 16.5 Å². The van der Waals surface area contributed by atoms with E-state index in [0.29, 0.717) is 0 Å². The first kappa shape index (κ1) is 14.2. The topological polar surface area (TPSA) is 37.8 Å². The summed E-state index contributed by atoms with van der Waals surface area (Å²) in [6.45, 7) is 6.85. The lowest BCUT2D eigenvalue weighted by atomic mass is 10.3. The molecule has 19 heavy (non-hydrogen) atoms. The average Bonchev–Trinajstić information content (AvgIpc) is 2.38. The Morgan fingerprint density at radius 1 is 1.16 bits per heavy atom. The van der Waals surface area contributed by atoms with Gasteiger partial charge in [0.05, 0.1) is 0 Å². The standard InChI is InChI=1S/C14H16ClN3S/c1-4-16-13-9(2)14(18-10(3)17-13)19-12-7-5-11(15)6-8-12/h5-8H,4H2,1-3H3,(H,16,17,18). The van der Waals surface area contributed by atoms with Gasteiger partial charge in [0.2, 0.25) is 0 Å². The van der Waals surface area contributed by atoms with Crippen molar-refractivity contribution < 1.29 is 0 Å². The fourth-order valence-electron chi connectivity index (χ4n) is 1.66. The number of anilines is 1. The number of aromatic nitrogens is 2. The molecule has 3 nitrogen and oxygen atoms in total. The molecule has 1 N–H and O–H groups in total. The Hall–Kier alpha value is -1.26. The van der Waals surface area contributed by atoms with Gasteiger partial charge in [-0.25, -0.2) is 9.97 Å². The fraction of sp³-hybridized carbons (Fsp3) is 0.286. The number of hydrogen-bond donors (Lipinski definition) is 1. The maximum absolute atomic E-state index is 5.89. The fourth-order valence-corrected chi connectivity index (χ4v) is 2.70. The summed E-state index contributed by atoms with van der Waals surface area (Å²) in [7, 11) is 0. The third-order valence-electron chi connectivity index (χ3n) is 2.59. The summed E-state index contributed by atoms with van der Waals surface area (Å²) in [6, 6.07) is 7.77. The first-order valence-corrected chi connectivity index (χ1v) is 7.32. The van der Waals surface area contributed by atoms with Crippen LogP contribution in [0.15, 0.2) is 34.2 Å². The Morgan fingerprint density at radius 3 is 2.47 bits per heavy atom. The summed E-state index contributed by atoms with van der Waals surface area (Å²) in [6.07, 6.45) is 0. The van der Waals surface area contributed by atoms with Crippen molar-refractivity contribution in [3.8, 4) is 0 Å². The van der Waals surface area contributed by atoms with Gasteiger partial charge in [-0.3, -0.25) is 0 Å². The van der Waals surface area contributed by atoms with Gasteiger partial charge >= 0.3 is 0 Å². The van der Waals surface area contributed by atoms with Crippen LogP contribution in [0.25, 0.3) is 0 Å². The van der Waals surface area contributed by atoms with Crippen LogP contribution in [0.5, 0.6) is 0 Å². The number of nitrogens with zero attached hydrogens (tertiary/aromatic N) is 2. The van der Waals surface area contributed by atoms with E-state index >= 15 is 0 Å². The third-order valence-corrected chi connectivity index (χ3v) is 3.94. The van der Waals surface area contributed by atoms with Crippen molar-refractivity contribution in [2.75, 3.05) is 11.9 Å². The molecule has 0 aliphatic heterocycles. The molecule has 1 aromatic carbocycles. The van der Waals surface area contributed by atoms with Gasteiger partial charge in [-0.2, -0.15) is 0 Å². The second-order valence-electron chi connectivity index (χ2n) is 4.14. The summed E-state index contributed by atoms with van der Waals surface area (Å²) >= 11 is 7.52. The zero-order chi connectivity index (χ0) is 13.8. The molecular weight excluding hydrogens is 278 g/mol. The molecule has 0 fully saturated rings. The Kier molecular flexibility index (Phi) is 4.66. The maximum atomic E-state index is 5.89. The van der Waals surface area contributed by atoms with Gasteiger partial charge < -0.3 is 5.32 Å². The average molecular weight is 294 g/mol. The Morgan fingerprint density at radius 2 is 1.84 bits per heavy atom. The number of nitrogens with one attached hydrogen (secondary N) is 1. The molecule has 2 aromatic rings. The highest BCUT2D eigenvalue weighted by Gasteiger charge is 2.10. The molecule has 2 rings (SSSR count). The largest absolute Gasteiger partial charge is 0.370 e. The zero-order valence-electron chi connectivity index (χ0n) is 11.2. The molecule has 0 aliphatic carbocycles. The minimum atomic E-state index is 0.744. The molecule has 1 aromatic heterocycles. The number of rotatable bonds is 4. The van der Waals surface area contributed by atoms with E-state index in [2.05, 4.69) is 22.2 Å². The van der Waals surface area contributed by atoms with Crippen LogP contribution in [0.4, 0.5) is 5.82 Å². The van der Waals surface area contributed by atoms with Gasteiger partial charge in [0, 0.05) is 22.0 Å². The predicted molar refractivity (Wildman–Crippen MR) is 81.2 cm³/mol. The van der Waals surface area contributed by atoms with Gasteiger partial charge in [-0.05, 0) is 45.0 Å². The van der Waals surface area contributed by atoms with Gasteiger partial charge in [0.1, 0.15) is 16.7 Å². The van der Waals surface area contributed by atoms with Crippen molar-refractivity contribution in [1.29, 1.82) is 0 Å². The summed E-state index contributed by atoms with van der Waals surface area (Å²) < 4.78 is 0. The van der Waals surface area contributed by atoms with E-state index in [9.17, 15) is 0 Å². The van der Waals surface area contributed by atoms with Gasteiger partial charge in [-0.15, -0.1) is 0 Å². The molecule has 0 aliphatic rings. The van der Waals surface area contributed by atoms with E-state index in [1.807, 2.05) is 38.1 Å². The van der Waals surface area contributed by atoms with Crippen LogP contribution in [0, 0.1) is 13.8 Å². The van der Waals surface area contributed by atoms with Crippen molar-refractivity contribution in [3.63, 3.8) is 0 Å². The summed E-state index contributed by atoms with van der Waals surface area (Å²) in [5.74, 6) is 1.68. The number of halogens is 1. The zero-order valence-corrected chi connectivity index (χ0v) is 12.8. The van der Waals surface area contributed by atoms with E-state index in [4.69, 9.17) is 11.6 Å². The second-order valence-corrected chi connectivity index (χ2v) is 5.63. The van der Waals surface area contributed by atoms with Crippen molar-refractivity contribution in [3.05, 3.63) is 40.7 Å². The molecular formula is C14H16ClN3S. The summed E-state index contributed by atoms with van der Waals surface area (Å²) in [5, 5.41) is 4.99. The van der Waals surface area contributed by atoms with E-state index in [1.165, 1.54) is 0 Å². The lowest BCUT2D eigenvalue weighted by Crippen LogP contribution is -2.05. The molecule has 0 atom stereocenters. The normalized spacial score (nSPS) is 10.5.